The molecule has 1 aromatic carbocycles. The molecule has 138 valence electrons. The van der Waals surface area contributed by atoms with Crippen LogP contribution in [0, 0.1) is 5.82 Å². The van der Waals surface area contributed by atoms with Gasteiger partial charge in [-0.2, -0.15) is 4.98 Å². The molecule has 2 aliphatic rings. The third-order valence-electron chi connectivity index (χ3n) is 5.13. The van der Waals surface area contributed by atoms with Gasteiger partial charge in [0.05, 0.1) is 0 Å². The number of nitrogens with two attached hydrogens (primary N) is 1. The Morgan fingerprint density at radius 2 is 2.15 bits per heavy atom. The summed E-state index contributed by atoms with van der Waals surface area (Å²) < 4.78 is 19.2. The van der Waals surface area contributed by atoms with Crippen LogP contribution in [0.1, 0.15) is 61.3 Å². The normalized spacial score (nSPS) is 21.2. The zero-order valence-electron chi connectivity index (χ0n) is 14.6. The highest BCUT2D eigenvalue weighted by molar-refractivity contribution is 5.77. The SMILES string of the molecule is NC(CC(=O)N1CCC[C@H]1c1nc(C2CC2)no1)Cc1ccccc1F. The summed E-state index contributed by atoms with van der Waals surface area (Å²) in [5.41, 5.74) is 6.65. The summed E-state index contributed by atoms with van der Waals surface area (Å²) in [6, 6.07) is 5.94. The molecular formula is C19H23FN4O2. The molecule has 2 fully saturated rings. The molecule has 1 aliphatic heterocycles. The van der Waals surface area contributed by atoms with Crippen molar-refractivity contribution in [3.8, 4) is 0 Å². The molecule has 2 aromatic rings. The number of carbonyl (C=O) groups is 1. The molecule has 6 nitrogen and oxygen atoms in total. The Balaban J connectivity index is 1.39. The van der Waals surface area contributed by atoms with Crippen LogP contribution in [0.2, 0.25) is 0 Å². The van der Waals surface area contributed by atoms with Crippen molar-refractivity contribution in [1.82, 2.24) is 15.0 Å². The first kappa shape index (κ1) is 17.1. The molecule has 2 atom stereocenters. The van der Waals surface area contributed by atoms with Gasteiger partial charge in [-0.3, -0.25) is 4.79 Å². The number of rotatable bonds is 6. The zero-order chi connectivity index (χ0) is 18.1. The van der Waals surface area contributed by atoms with Crippen LogP contribution in [-0.4, -0.2) is 33.5 Å². The number of nitrogens with zero attached hydrogens (tertiary/aromatic N) is 3. The number of hydrogen-bond acceptors (Lipinski definition) is 5. The van der Waals surface area contributed by atoms with Crippen LogP contribution in [0.4, 0.5) is 4.39 Å². The van der Waals surface area contributed by atoms with Crippen LogP contribution in [0.25, 0.3) is 0 Å². The first-order valence-electron chi connectivity index (χ1n) is 9.24. The first-order chi connectivity index (χ1) is 12.6. The van der Waals surface area contributed by atoms with E-state index in [0.29, 0.717) is 30.3 Å². The zero-order valence-corrected chi connectivity index (χ0v) is 14.6. The van der Waals surface area contributed by atoms with Crippen LogP contribution >= 0.6 is 0 Å². The highest BCUT2D eigenvalue weighted by Gasteiger charge is 2.36. The van der Waals surface area contributed by atoms with Gasteiger partial charge in [0, 0.05) is 24.9 Å². The van der Waals surface area contributed by atoms with E-state index < -0.39 is 6.04 Å². The van der Waals surface area contributed by atoms with Gasteiger partial charge in [0.25, 0.3) is 0 Å². The van der Waals surface area contributed by atoms with Gasteiger partial charge in [0.1, 0.15) is 11.9 Å². The Morgan fingerprint density at radius 3 is 2.92 bits per heavy atom. The van der Waals surface area contributed by atoms with Gasteiger partial charge < -0.3 is 15.2 Å². The Hall–Kier alpha value is -2.28. The predicted octanol–water partition coefficient (Wildman–Crippen LogP) is 2.71. The lowest BCUT2D eigenvalue weighted by molar-refractivity contribution is -0.132. The standard InChI is InChI=1S/C19H23FN4O2/c20-15-5-2-1-4-13(15)10-14(21)11-17(25)24-9-3-6-16(24)19-22-18(23-26-19)12-7-8-12/h1-2,4-5,12,14,16H,3,6-11,21H2/t14?,16-/m0/s1. The number of amides is 1. The van der Waals surface area contributed by atoms with Crippen LogP contribution < -0.4 is 5.73 Å². The minimum Gasteiger partial charge on any atom is -0.337 e. The summed E-state index contributed by atoms with van der Waals surface area (Å²) in [6.45, 7) is 0.664. The van der Waals surface area contributed by atoms with Crippen LogP contribution in [0.15, 0.2) is 28.8 Å². The molecule has 1 saturated carbocycles. The summed E-state index contributed by atoms with van der Waals surface area (Å²) in [4.78, 5) is 19.0. The Labute approximate surface area is 151 Å². The summed E-state index contributed by atoms with van der Waals surface area (Å²) in [6.07, 6.45) is 4.45. The lowest BCUT2D eigenvalue weighted by Crippen LogP contribution is -2.36. The molecule has 26 heavy (non-hydrogen) atoms. The van der Waals surface area contributed by atoms with Crippen molar-refractivity contribution < 1.29 is 13.7 Å². The molecule has 0 bridgehead atoms. The molecule has 0 spiro atoms. The lowest BCUT2D eigenvalue weighted by Gasteiger charge is -2.23. The van der Waals surface area contributed by atoms with E-state index in [1.54, 1.807) is 23.1 Å². The van der Waals surface area contributed by atoms with E-state index in [4.69, 9.17) is 10.3 Å². The fraction of sp³-hybridized carbons (Fsp3) is 0.526. The maximum atomic E-state index is 13.8. The van der Waals surface area contributed by atoms with Crippen molar-refractivity contribution in [2.24, 2.45) is 5.73 Å². The predicted molar refractivity (Wildman–Crippen MR) is 92.7 cm³/mol. The maximum absolute atomic E-state index is 13.8. The molecule has 7 heteroatoms. The fourth-order valence-corrected chi connectivity index (χ4v) is 3.57. The van der Waals surface area contributed by atoms with Crippen molar-refractivity contribution in [2.75, 3.05) is 6.54 Å². The smallest absolute Gasteiger partial charge is 0.249 e. The van der Waals surface area contributed by atoms with Gasteiger partial charge in [-0.05, 0) is 43.7 Å². The molecule has 2 N–H and O–H groups in total. The van der Waals surface area contributed by atoms with E-state index >= 15 is 0 Å². The molecule has 2 heterocycles. The second-order valence-corrected chi connectivity index (χ2v) is 7.27. The van der Waals surface area contributed by atoms with Crippen LogP contribution in [-0.2, 0) is 11.2 Å². The quantitative estimate of drug-likeness (QED) is 0.858. The average Bonchev–Trinajstić information content (AvgIpc) is 3.16. The Morgan fingerprint density at radius 1 is 1.35 bits per heavy atom. The minimum atomic E-state index is -0.426. The number of benzene rings is 1. The van der Waals surface area contributed by atoms with Crippen molar-refractivity contribution in [3.05, 3.63) is 47.4 Å². The summed E-state index contributed by atoms with van der Waals surface area (Å²) in [5, 5.41) is 4.05. The minimum absolute atomic E-state index is 0.0393. The van der Waals surface area contributed by atoms with E-state index in [1.165, 1.54) is 6.07 Å². The first-order valence-corrected chi connectivity index (χ1v) is 9.24. The largest absolute Gasteiger partial charge is 0.337 e. The van der Waals surface area contributed by atoms with Gasteiger partial charge in [-0.1, -0.05) is 23.4 Å². The molecule has 1 saturated heterocycles. The van der Waals surface area contributed by atoms with Crippen molar-refractivity contribution in [1.29, 1.82) is 0 Å². The molecule has 4 rings (SSSR count). The molecule has 1 aliphatic carbocycles. The number of likely N-dealkylation sites (tertiary alicyclic amines) is 1. The van der Waals surface area contributed by atoms with Crippen LogP contribution in [0.5, 0.6) is 0 Å². The Kier molecular flexibility index (Phi) is 4.72. The van der Waals surface area contributed by atoms with Gasteiger partial charge >= 0.3 is 0 Å². The number of carbonyl (C=O) groups excluding carboxylic acids is 1. The topological polar surface area (TPSA) is 85.3 Å². The van der Waals surface area contributed by atoms with Gasteiger partial charge in [0.2, 0.25) is 11.8 Å². The van der Waals surface area contributed by atoms with Gasteiger partial charge in [-0.25, -0.2) is 4.39 Å². The second-order valence-electron chi connectivity index (χ2n) is 7.27. The van der Waals surface area contributed by atoms with Gasteiger partial charge in [0.15, 0.2) is 5.82 Å². The molecule has 0 radical (unpaired) electrons. The summed E-state index contributed by atoms with van der Waals surface area (Å²) in [7, 11) is 0. The highest BCUT2D eigenvalue weighted by Crippen LogP contribution is 2.39. The molecule has 1 aromatic heterocycles. The fourth-order valence-electron chi connectivity index (χ4n) is 3.57. The van der Waals surface area contributed by atoms with E-state index in [9.17, 15) is 9.18 Å². The van der Waals surface area contributed by atoms with Crippen LogP contribution in [0.3, 0.4) is 0 Å². The van der Waals surface area contributed by atoms with E-state index in [2.05, 4.69) is 10.1 Å². The second kappa shape index (κ2) is 7.15. The number of halogens is 1. The average molecular weight is 358 g/mol. The summed E-state index contributed by atoms with van der Waals surface area (Å²) >= 11 is 0. The van der Waals surface area contributed by atoms with Gasteiger partial charge in [-0.15, -0.1) is 0 Å². The van der Waals surface area contributed by atoms with E-state index in [1.807, 2.05) is 0 Å². The third kappa shape index (κ3) is 3.62. The maximum Gasteiger partial charge on any atom is 0.249 e. The summed E-state index contributed by atoms with van der Waals surface area (Å²) in [5.74, 6) is 1.39. The Bertz CT molecular complexity index is 789. The van der Waals surface area contributed by atoms with Crippen molar-refractivity contribution in [3.63, 3.8) is 0 Å². The van der Waals surface area contributed by atoms with Crippen molar-refractivity contribution >= 4 is 5.91 Å². The molecular weight excluding hydrogens is 335 g/mol. The lowest BCUT2D eigenvalue weighted by atomic mass is 10.0. The number of hydrogen-bond donors (Lipinski definition) is 1. The van der Waals surface area contributed by atoms with Crippen molar-refractivity contribution in [2.45, 2.75) is 56.5 Å². The number of aromatic nitrogens is 2. The monoisotopic (exact) mass is 358 g/mol. The molecule has 1 unspecified atom stereocenters. The highest BCUT2D eigenvalue weighted by atomic mass is 19.1. The molecule has 1 amide bonds. The van der Waals surface area contributed by atoms with E-state index in [0.717, 1.165) is 31.5 Å². The van der Waals surface area contributed by atoms with E-state index in [-0.39, 0.29) is 24.2 Å². The third-order valence-corrected chi connectivity index (χ3v) is 5.13.